The maximum atomic E-state index is 13.6. The van der Waals surface area contributed by atoms with E-state index in [1.54, 1.807) is 24.1 Å². The number of carbonyl (C=O) groups excluding carboxylic acids is 1. The smallest absolute Gasteiger partial charge is 0.257 e. The molecule has 0 saturated carbocycles. The van der Waals surface area contributed by atoms with E-state index in [9.17, 15) is 9.18 Å². The molecule has 0 radical (unpaired) electrons. The quantitative estimate of drug-likeness (QED) is 0.673. The molecule has 1 aliphatic rings. The van der Waals surface area contributed by atoms with Crippen molar-refractivity contribution >= 4 is 5.91 Å². The molecule has 0 aliphatic carbocycles. The van der Waals surface area contributed by atoms with Crippen molar-refractivity contribution in [2.24, 2.45) is 0 Å². The van der Waals surface area contributed by atoms with Crippen LogP contribution in [0.2, 0.25) is 0 Å². The monoisotopic (exact) mass is 409 g/mol. The van der Waals surface area contributed by atoms with Gasteiger partial charge in [-0.25, -0.2) is 4.39 Å². The summed E-state index contributed by atoms with van der Waals surface area (Å²) in [7, 11) is 1.60. The van der Waals surface area contributed by atoms with Gasteiger partial charge in [0.25, 0.3) is 5.91 Å². The highest BCUT2D eigenvalue weighted by atomic mass is 19.1. The maximum Gasteiger partial charge on any atom is 0.257 e. The Bertz CT molecular complexity index is 997. The van der Waals surface area contributed by atoms with Crippen molar-refractivity contribution in [2.45, 2.75) is 13.1 Å². The molecule has 3 aromatic rings. The summed E-state index contributed by atoms with van der Waals surface area (Å²) in [5.41, 5.74) is 2.61. The minimum absolute atomic E-state index is 0.0108. The Morgan fingerprint density at radius 2 is 1.93 bits per heavy atom. The largest absolute Gasteiger partial charge is 0.496 e. The van der Waals surface area contributed by atoms with E-state index in [4.69, 9.17) is 4.74 Å². The normalized spacial score (nSPS) is 14.7. The second-order valence-electron chi connectivity index (χ2n) is 7.59. The van der Waals surface area contributed by atoms with Crippen LogP contribution in [0.1, 0.15) is 21.5 Å². The molecule has 0 unspecified atom stereocenters. The van der Waals surface area contributed by atoms with Gasteiger partial charge < -0.3 is 14.5 Å². The third-order valence-corrected chi connectivity index (χ3v) is 5.51. The number of ether oxygens (including phenoxy) is 1. The Hall–Kier alpha value is -3.19. The second kappa shape index (κ2) is 9.09. The fourth-order valence-electron chi connectivity index (χ4n) is 3.87. The van der Waals surface area contributed by atoms with Gasteiger partial charge in [0.2, 0.25) is 0 Å². The van der Waals surface area contributed by atoms with Crippen molar-refractivity contribution in [2.75, 3.05) is 33.3 Å². The average molecular weight is 409 g/mol. The van der Waals surface area contributed by atoms with E-state index in [-0.39, 0.29) is 11.7 Å². The van der Waals surface area contributed by atoms with E-state index >= 15 is 0 Å². The molecule has 1 amide bonds. The third kappa shape index (κ3) is 4.68. The number of nitrogens with one attached hydrogen (secondary N) is 1. The Labute approximate surface area is 175 Å². The van der Waals surface area contributed by atoms with E-state index < -0.39 is 0 Å². The molecular formula is C23H26FN4O2+. The van der Waals surface area contributed by atoms with Gasteiger partial charge in [-0.2, -0.15) is 5.10 Å². The lowest BCUT2D eigenvalue weighted by Gasteiger charge is -2.32. The van der Waals surface area contributed by atoms with Gasteiger partial charge in [0.15, 0.2) is 0 Å². The van der Waals surface area contributed by atoms with Crippen molar-refractivity contribution in [3.8, 4) is 5.75 Å². The molecule has 1 aromatic heterocycles. The maximum absolute atomic E-state index is 13.6. The predicted octanol–water partition coefficient (Wildman–Crippen LogP) is 1.62. The van der Waals surface area contributed by atoms with Crippen LogP contribution in [0.15, 0.2) is 60.9 Å². The van der Waals surface area contributed by atoms with Gasteiger partial charge in [0.05, 0.1) is 57.2 Å². The molecule has 0 bridgehead atoms. The van der Waals surface area contributed by atoms with E-state index in [2.05, 4.69) is 5.10 Å². The lowest BCUT2D eigenvalue weighted by Crippen LogP contribution is -3.13. The zero-order valence-electron chi connectivity index (χ0n) is 17.1. The molecule has 30 heavy (non-hydrogen) atoms. The number of benzene rings is 2. The number of hydrogen-bond donors (Lipinski definition) is 1. The van der Waals surface area contributed by atoms with Gasteiger partial charge in [-0.1, -0.05) is 30.3 Å². The predicted molar refractivity (Wildman–Crippen MR) is 111 cm³/mol. The van der Waals surface area contributed by atoms with Gasteiger partial charge in [-0.15, -0.1) is 0 Å². The Morgan fingerprint density at radius 1 is 1.17 bits per heavy atom. The molecule has 2 aromatic carbocycles. The first-order valence-corrected chi connectivity index (χ1v) is 10.1. The van der Waals surface area contributed by atoms with E-state index in [1.165, 1.54) is 17.0 Å². The van der Waals surface area contributed by atoms with E-state index in [0.29, 0.717) is 37.5 Å². The number of aromatic nitrogens is 2. The van der Waals surface area contributed by atoms with Crippen LogP contribution < -0.4 is 9.64 Å². The first-order chi connectivity index (χ1) is 14.6. The van der Waals surface area contributed by atoms with Crippen LogP contribution in [-0.4, -0.2) is 53.9 Å². The van der Waals surface area contributed by atoms with Crippen LogP contribution in [0.3, 0.4) is 0 Å². The molecule has 1 saturated heterocycles. The molecule has 2 heterocycles. The highest BCUT2D eigenvalue weighted by molar-refractivity contribution is 5.93. The Kier molecular flexibility index (Phi) is 6.09. The van der Waals surface area contributed by atoms with Crippen LogP contribution in [0.25, 0.3) is 0 Å². The summed E-state index contributed by atoms with van der Waals surface area (Å²) in [6, 6.07) is 14.6. The van der Waals surface area contributed by atoms with Gasteiger partial charge in [0, 0.05) is 6.20 Å². The summed E-state index contributed by atoms with van der Waals surface area (Å²) in [5.74, 6) is 0.455. The summed E-state index contributed by atoms with van der Waals surface area (Å²) in [4.78, 5) is 16.0. The standard InChI is InChI=1S/C23H25FN4O2/c1-30-22-8-7-21(24)13-19(22)16-26-9-11-27(12-10-26)23(29)20-14-25-28(17-20)15-18-5-3-2-4-6-18/h2-8,13-14,17H,9-12,15-16H2,1H3/p+1. The molecule has 0 spiro atoms. The van der Waals surface area contributed by atoms with Crippen molar-refractivity contribution < 1.29 is 18.8 Å². The molecule has 1 aliphatic heterocycles. The van der Waals surface area contributed by atoms with Gasteiger partial charge in [0.1, 0.15) is 18.1 Å². The number of carbonyl (C=O) groups is 1. The Morgan fingerprint density at radius 3 is 2.67 bits per heavy atom. The van der Waals surface area contributed by atoms with Crippen LogP contribution in [0.4, 0.5) is 4.39 Å². The topological polar surface area (TPSA) is 51.8 Å². The first kappa shape index (κ1) is 20.1. The molecule has 4 rings (SSSR count). The number of rotatable bonds is 6. The zero-order chi connectivity index (χ0) is 20.9. The molecular weight excluding hydrogens is 383 g/mol. The van der Waals surface area contributed by atoms with E-state index in [0.717, 1.165) is 24.2 Å². The van der Waals surface area contributed by atoms with Crippen molar-refractivity contribution in [3.05, 3.63) is 83.4 Å². The van der Waals surface area contributed by atoms with Crippen LogP contribution >= 0.6 is 0 Å². The third-order valence-electron chi connectivity index (χ3n) is 5.51. The average Bonchev–Trinajstić information content (AvgIpc) is 3.23. The minimum atomic E-state index is -0.258. The van der Waals surface area contributed by atoms with Crippen LogP contribution in [0, 0.1) is 5.82 Å². The summed E-state index contributed by atoms with van der Waals surface area (Å²) in [5, 5.41) is 4.34. The number of halogens is 1. The fourth-order valence-corrected chi connectivity index (χ4v) is 3.87. The Balaban J connectivity index is 1.33. The zero-order valence-corrected chi connectivity index (χ0v) is 17.1. The van der Waals surface area contributed by atoms with Crippen LogP contribution in [0.5, 0.6) is 5.75 Å². The van der Waals surface area contributed by atoms with Crippen molar-refractivity contribution in [1.29, 1.82) is 0 Å². The SMILES string of the molecule is COc1ccc(F)cc1C[NH+]1CCN(C(=O)c2cnn(Cc3ccccc3)c2)CC1. The summed E-state index contributed by atoms with van der Waals surface area (Å²) in [6.45, 7) is 4.26. The number of amides is 1. The number of methoxy groups -OCH3 is 1. The lowest BCUT2D eigenvalue weighted by molar-refractivity contribution is -0.917. The lowest BCUT2D eigenvalue weighted by atomic mass is 10.1. The second-order valence-corrected chi connectivity index (χ2v) is 7.59. The highest BCUT2D eigenvalue weighted by Crippen LogP contribution is 2.18. The molecule has 1 fully saturated rings. The van der Waals surface area contributed by atoms with Crippen LogP contribution in [-0.2, 0) is 13.1 Å². The highest BCUT2D eigenvalue weighted by Gasteiger charge is 2.26. The summed E-state index contributed by atoms with van der Waals surface area (Å²) >= 11 is 0. The van der Waals surface area contributed by atoms with Gasteiger partial charge in [-0.05, 0) is 23.8 Å². The van der Waals surface area contributed by atoms with Crippen molar-refractivity contribution in [3.63, 3.8) is 0 Å². The van der Waals surface area contributed by atoms with Gasteiger partial charge in [-0.3, -0.25) is 9.48 Å². The fraction of sp³-hybridized carbons (Fsp3) is 0.304. The molecule has 6 nitrogen and oxygen atoms in total. The number of piperazine rings is 1. The number of hydrogen-bond acceptors (Lipinski definition) is 3. The molecule has 0 atom stereocenters. The van der Waals surface area contributed by atoms with Crippen molar-refractivity contribution in [1.82, 2.24) is 14.7 Å². The number of nitrogens with zero attached hydrogens (tertiary/aromatic N) is 3. The summed E-state index contributed by atoms with van der Waals surface area (Å²) < 4.78 is 20.7. The molecule has 156 valence electrons. The van der Waals surface area contributed by atoms with E-state index in [1.807, 2.05) is 41.4 Å². The molecule has 7 heteroatoms. The minimum Gasteiger partial charge on any atom is -0.496 e. The van der Waals surface area contributed by atoms with Gasteiger partial charge >= 0.3 is 0 Å². The molecule has 1 N–H and O–H groups in total. The summed E-state index contributed by atoms with van der Waals surface area (Å²) in [6.07, 6.45) is 3.45. The first-order valence-electron chi connectivity index (χ1n) is 10.1. The number of quaternary nitrogens is 1.